The molecule has 0 heterocycles. The molecule has 5 heteroatoms. The van der Waals surface area contributed by atoms with Gasteiger partial charge < -0.3 is 10.8 Å². The van der Waals surface area contributed by atoms with E-state index >= 15 is 0 Å². The van der Waals surface area contributed by atoms with Crippen molar-refractivity contribution in [2.75, 3.05) is 5.73 Å². The molecule has 0 amide bonds. The predicted molar refractivity (Wildman–Crippen MR) is 71.1 cm³/mol. The molecule has 2 aromatic carbocycles. The highest BCUT2D eigenvalue weighted by Crippen LogP contribution is 2.31. The number of carbonyl (C=O) groups excluding carboxylic acids is 2. The molecule has 0 spiro atoms. The summed E-state index contributed by atoms with van der Waals surface area (Å²) < 4.78 is 0. The number of nitrogen functional groups attached to an aromatic ring is 1. The van der Waals surface area contributed by atoms with Gasteiger partial charge in [0.1, 0.15) is 0 Å². The van der Waals surface area contributed by atoms with Crippen molar-refractivity contribution in [3.8, 4) is 0 Å². The van der Waals surface area contributed by atoms with Crippen LogP contribution in [0.2, 0.25) is 0 Å². The predicted octanol–water partition coefficient (Wildman–Crippen LogP) is 1.74. The fourth-order valence-corrected chi connectivity index (χ4v) is 2.36. The number of fused-ring (bicyclic) bond motifs is 2. The lowest BCUT2D eigenvalue weighted by Gasteiger charge is -2.18. The largest absolute Gasteiger partial charge is 0.478 e. The number of hydrogen-bond donors (Lipinski definition) is 2. The molecule has 0 aliphatic heterocycles. The molecule has 3 N–H and O–H groups in total. The zero-order chi connectivity index (χ0) is 14.4. The maximum absolute atomic E-state index is 12.4. The van der Waals surface area contributed by atoms with Crippen LogP contribution in [0, 0.1) is 0 Å². The van der Waals surface area contributed by atoms with Crippen LogP contribution < -0.4 is 5.73 Å². The maximum Gasteiger partial charge on any atom is 0.335 e. The van der Waals surface area contributed by atoms with Gasteiger partial charge in [-0.25, -0.2) is 4.79 Å². The summed E-state index contributed by atoms with van der Waals surface area (Å²) in [4.78, 5) is 35.7. The Hall–Kier alpha value is -2.95. The molecule has 0 atom stereocenters. The average molecular weight is 267 g/mol. The Morgan fingerprint density at radius 2 is 1.70 bits per heavy atom. The first kappa shape index (κ1) is 12.1. The lowest BCUT2D eigenvalue weighted by Crippen LogP contribution is -2.22. The Bertz CT molecular complexity index is 792. The average Bonchev–Trinajstić information content (AvgIpc) is 2.44. The molecule has 0 fully saturated rings. The van der Waals surface area contributed by atoms with Crippen molar-refractivity contribution >= 4 is 23.2 Å². The van der Waals surface area contributed by atoms with Gasteiger partial charge in [0.05, 0.1) is 11.1 Å². The van der Waals surface area contributed by atoms with Crippen molar-refractivity contribution in [2.45, 2.75) is 0 Å². The zero-order valence-electron chi connectivity index (χ0n) is 10.2. The Balaban J connectivity index is 2.30. The van der Waals surface area contributed by atoms with E-state index in [-0.39, 0.29) is 39.3 Å². The van der Waals surface area contributed by atoms with Crippen LogP contribution in [0.1, 0.15) is 42.2 Å². The Morgan fingerprint density at radius 1 is 0.950 bits per heavy atom. The van der Waals surface area contributed by atoms with Gasteiger partial charge >= 0.3 is 5.97 Å². The monoisotopic (exact) mass is 267 g/mol. The topological polar surface area (TPSA) is 97.5 Å². The van der Waals surface area contributed by atoms with Crippen molar-refractivity contribution in [1.82, 2.24) is 0 Å². The standard InChI is InChI=1S/C15H9NO4/c16-11-3-1-2-9-12(11)14(18)10-6-7(15(19)20)4-5-8(10)13(9)17/h1-6H,16H2,(H,19,20). The minimum absolute atomic E-state index is 0.0390. The number of benzene rings is 2. The molecule has 20 heavy (non-hydrogen) atoms. The molecule has 1 aliphatic carbocycles. The van der Waals surface area contributed by atoms with E-state index in [1.807, 2.05) is 0 Å². The third-order valence-corrected chi connectivity index (χ3v) is 3.32. The second-order valence-electron chi connectivity index (χ2n) is 4.49. The van der Waals surface area contributed by atoms with Crippen LogP contribution in [-0.4, -0.2) is 22.6 Å². The van der Waals surface area contributed by atoms with Crippen LogP contribution in [0.3, 0.4) is 0 Å². The normalized spacial score (nSPS) is 12.8. The fraction of sp³-hybridized carbons (Fsp3) is 0. The summed E-state index contributed by atoms with van der Waals surface area (Å²) in [5.74, 6) is -1.89. The van der Waals surface area contributed by atoms with Gasteiger partial charge in [-0.2, -0.15) is 0 Å². The van der Waals surface area contributed by atoms with E-state index < -0.39 is 11.8 Å². The van der Waals surface area contributed by atoms with E-state index in [1.165, 1.54) is 24.3 Å². The van der Waals surface area contributed by atoms with Crippen molar-refractivity contribution in [1.29, 1.82) is 0 Å². The Labute approximate surface area is 113 Å². The van der Waals surface area contributed by atoms with Gasteiger partial charge in [-0.05, 0) is 24.3 Å². The van der Waals surface area contributed by atoms with E-state index in [2.05, 4.69) is 0 Å². The van der Waals surface area contributed by atoms with Crippen molar-refractivity contribution < 1.29 is 19.5 Å². The quantitative estimate of drug-likeness (QED) is 0.654. The first-order valence-corrected chi connectivity index (χ1v) is 5.86. The number of carbonyl (C=O) groups is 3. The molecule has 0 saturated carbocycles. The molecule has 0 saturated heterocycles. The van der Waals surface area contributed by atoms with Gasteiger partial charge in [-0.15, -0.1) is 0 Å². The lowest BCUT2D eigenvalue weighted by molar-refractivity contribution is 0.0696. The van der Waals surface area contributed by atoms with Gasteiger partial charge in [-0.3, -0.25) is 9.59 Å². The molecule has 1 aliphatic rings. The third kappa shape index (κ3) is 1.53. The van der Waals surface area contributed by atoms with E-state index in [4.69, 9.17) is 10.8 Å². The number of carboxylic acid groups (broad SMARTS) is 1. The van der Waals surface area contributed by atoms with Crippen LogP contribution in [-0.2, 0) is 0 Å². The van der Waals surface area contributed by atoms with Crippen molar-refractivity contribution in [3.05, 3.63) is 64.2 Å². The highest BCUT2D eigenvalue weighted by Gasteiger charge is 2.31. The summed E-state index contributed by atoms with van der Waals surface area (Å²) in [5.41, 5.74) is 6.63. The second kappa shape index (κ2) is 4.03. The summed E-state index contributed by atoms with van der Waals surface area (Å²) in [6.45, 7) is 0. The smallest absolute Gasteiger partial charge is 0.335 e. The Kier molecular flexibility index (Phi) is 2.44. The number of ketones is 2. The minimum Gasteiger partial charge on any atom is -0.478 e. The number of anilines is 1. The molecule has 5 nitrogen and oxygen atoms in total. The molecule has 0 unspecified atom stereocenters. The summed E-state index contributed by atoms with van der Waals surface area (Å²) in [6, 6.07) is 8.58. The Morgan fingerprint density at radius 3 is 2.40 bits per heavy atom. The van der Waals surface area contributed by atoms with Gasteiger partial charge in [0.15, 0.2) is 11.6 Å². The van der Waals surface area contributed by atoms with E-state index in [9.17, 15) is 14.4 Å². The van der Waals surface area contributed by atoms with Gasteiger partial charge in [0, 0.05) is 22.4 Å². The zero-order valence-corrected chi connectivity index (χ0v) is 10.2. The van der Waals surface area contributed by atoms with Crippen LogP contribution in [0.25, 0.3) is 0 Å². The number of rotatable bonds is 1. The van der Waals surface area contributed by atoms with Gasteiger partial charge in [-0.1, -0.05) is 12.1 Å². The third-order valence-electron chi connectivity index (χ3n) is 3.32. The first-order chi connectivity index (χ1) is 9.50. The summed E-state index contributed by atoms with van der Waals surface area (Å²) >= 11 is 0. The molecular weight excluding hydrogens is 258 g/mol. The molecule has 0 radical (unpaired) electrons. The first-order valence-electron chi connectivity index (χ1n) is 5.86. The van der Waals surface area contributed by atoms with E-state index in [0.717, 1.165) is 0 Å². The molecule has 3 rings (SSSR count). The summed E-state index contributed by atoms with van der Waals surface area (Å²) in [7, 11) is 0. The van der Waals surface area contributed by atoms with Crippen LogP contribution in [0.15, 0.2) is 36.4 Å². The summed E-state index contributed by atoms with van der Waals surface area (Å²) in [6.07, 6.45) is 0. The van der Waals surface area contributed by atoms with Crippen LogP contribution >= 0.6 is 0 Å². The highest BCUT2D eigenvalue weighted by molar-refractivity contribution is 6.30. The van der Waals surface area contributed by atoms with Crippen molar-refractivity contribution in [2.24, 2.45) is 0 Å². The van der Waals surface area contributed by atoms with Gasteiger partial charge in [0.25, 0.3) is 0 Å². The minimum atomic E-state index is -1.15. The lowest BCUT2D eigenvalue weighted by atomic mass is 9.82. The number of hydrogen-bond acceptors (Lipinski definition) is 4. The molecule has 0 bridgehead atoms. The number of aromatic carboxylic acids is 1. The number of nitrogens with two attached hydrogens (primary N) is 1. The molecule has 0 aromatic heterocycles. The van der Waals surface area contributed by atoms with Crippen LogP contribution in [0.4, 0.5) is 5.69 Å². The van der Waals surface area contributed by atoms with Gasteiger partial charge in [0.2, 0.25) is 0 Å². The van der Waals surface area contributed by atoms with Crippen LogP contribution in [0.5, 0.6) is 0 Å². The second-order valence-corrected chi connectivity index (χ2v) is 4.49. The number of carboxylic acids is 1. The molecule has 2 aromatic rings. The van der Waals surface area contributed by atoms with E-state index in [1.54, 1.807) is 12.1 Å². The molecule has 98 valence electrons. The van der Waals surface area contributed by atoms with Crippen molar-refractivity contribution in [3.63, 3.8) is 0 Å². The van der Waals surface area contributed by atoms with E-state index in [0.29, 0.717) is 0 Å². The SMILES string of the molecule is Nc1cccc2c1C(=O)c1cc(C(=O)O)ccc1C2=O. The fourth-order valence-electron chi connectivity index (χ4n) is 2.36. The summed E-state index contributed by atoms with van der Waals surface area (Å²) in [5, 5.41) is 8.97. The maximum atomic E-state index is 12.4. The molecular formula is C15H9NO4. The highest BCUT2D eigenvalue weighted by atomic mass is 16.4.